The van der Waals surface area contributed by atoms with Gasteiger partial charge in [-0.2, -0.15) is 0 Å². The third kappa shape index (κ3) is 3.63. The number of ether oxygens (including phenoxy) is 1. The first-order valence-corrected chi connectivity index (χ1v) is 9.83. The minimum Gasteiger partial charge on any atom is -0.453 e. The molecule has 0 unspecified atom stereocenters. The lowest BCUT2D eigenvalue weighted by atomic mass is 9.99. The van der Waals surface area contributed by atoms with Crippen molar-refractivity contribution in [2.45, 2.75) is 26.7 Å². The van der Waals surface area contributed by atoms with Gasteiger partial charge in [0.25, 0.3) is 0 Å². The first kappa shape index (κ1) is 18.2. The summed E-state index contributed by atoms with van der Waals surface area (Å²) in [6.07, 6.45) is 9.64. The number of aliphatic imine (C=N–C) groups is 2. The summed E-state index contributed by atoms with van der Waals surface area (Å²) in [5, 5.41) is 0. The van der Waals surface area contributed by atoms with E-state index in [2.05, 4.69) is 37.5 Å². The summed E-state index contributed by atoms with van der Waals surface area (Å²) < 4.78 is 6.30. The van der Waals surface area contributed by atoms with Crippen LogP contribution in [-0.2, 0) is 4.74 Å². The fourth-order valence-electron chi connectivity index (χ4n) is 3.60. The predicted molar refractivity (Wildman–Crippen MR) is 116 cm³/mol. The summed E-state index contributed by atoms with van der Waals surface area (Å²) in [7, 11) is 0. The van der Waals surface area contributed by atoms with Gasteiger partial charge in [0.2, 0.25) is 0 Å². The Balaban J connectivity index is 1.68. The zero-order valence-electron chi connectivity index (χ0n) is 16.5. The highest BCUT2D eigenvalue weighted by Crippen LogP contribution is 2.36. The molecule has 0 N–H and O–H groups in total. The van der Waals surface area contributed by atoms with Gasteiger partial charge in [0.15, 0.2) is 11.5 Å². The van der Waals surface area contributed by atoms with Crippen molar-refractivity contribution in [3.8, 4) is 0 Å². The van der Waals surface area contributed by atoms with Crippen molar-refractivity contribution in [1.82, 2.24) is 4.90 Å². The van der Waals surface area contributed by atoms with Crippen LogP contribution in [0, 0.1) is 0 Å². The number of fused-ring (bicyclic) bond motifs is 1. The molecule has 0 atom stereocenters. The molecule has 1 heterocycles. The van der Waals surface area contributed by atoms with Gasteiger partial charge in [-0.3, -0.25) is 0 Å². The lowest BCUT2D eigenvalue weighted by molar-refractivity contribution is 0.320. The Hall–Kier alpha value is -3.14. The molecule has 28 heavy (non-hydrogen) atoms. The highest BCUT2D eigenvalue weighted by atomic mass is 16.5. The maximum absolute atomic E-state index is 6.30. The van der Waals surface area contributed by atoms with E-state index in [-0.39, 0.29) is 0 Å². The van der Waals surface area contributed by atoms with Crippen LogP contribution in [0.25, 0.3) is 0 Å². The van der Waals surface area contributed by atoms with Gasteiger partial charge in [0, 0.05) is 43.8 Å². The molecule has 4 heteroatoms. The number of para-hydroxylation sites is 1. The minimum atomic E-state index is 0.725. The first-order valence-electron chi connectivity index (χ1n) is 9.83. The van der Waals surface area contributed by atoms with E-state index in [9.17, 15) is 0 Å². The molecule has 3 aliphatic rings. The second kappa shape index (κ2) is 7.85. The van der Waals surface area contributed by atoms with Crippen molar-refractivity contribution in [2.75, 3.05) is 13.1 Å². The minimum absolute atomic E-state index is 0.725. The standard InChI is InChI=1S/C24H25N3O/c1-4-27(5-2)22-16-24-21(14-17(22)3)26-20-13-9-12-19(15-23(20)28-24)25-18-10-7-6-8-11-18/h6-12,15-16H,3-5,13-14H2,1-2H3/b25-19+. The molecular formula is C24H25N3O. The van der Waals surface area contributed by atoms with Crippen molar-refractivity contribution in [2.24, 2.45) is 9.98 Å². The van der Waals surface area contributed by atoms with Gasteiger partial charge < -0.3 is 9.64 Å². The molecule has 2 aliphatic carbocycles. The average Bonchev–Trinajstić information content (AvgIpc) is 2.89. The van der Waals surface area contributed by atoms with E-state index in [1.54, 1.807) is 0 Å². The average molecular weight is 371 g/mol. The smallest absolute Gasteiger partial charge is 0.151 e. The van der Waals surface area contributed by atoms with Gasteiger partial charge in [0.1, 0.15) is 0 Å². The lowest BCUT2D eigenvalue weighted by Gasteiger charge is -2.31. The SMILES string of the molecule is C=C1CC2=C(C=C1N(CC)CC)OC1=C/C(=N/c3ccccc3)C=CCC1=N2. The van der Waals surface area contributed by atoms with Crippen LogP contribution in [0.1, 0.15) is 26.7 Å². The Bertz CT molecular complexity index is 970. The lowest BCUT2D eigenvalue weighted by Crippen LogP contribution is -2.26. The molecule has 142 valence electrons. The number of benzene rings is 1. The van der Waals surface area contributed by atoms with E-state index in [0.29, 0.717) is 0 Å². The Kier molecular flexibility index (Phi) is 5.11. The Morgan fingerprint density at radius 1 is 1.14 bits per heavy atom. The topological polar surface area (TPSA) is 37.2 Å². The Morgan fingerprint density at radius 3 is 2.68 bits per heavy atom. The summed E-state index contributed by atoms with van der Waals surface area (Å²) in [6, 6.07) is 9.96. The fraction of sp³-hybridized carbons (Fsp3) is 0.250. The van der Waals surface area contributed by atoms with Crippen LogP contribution in [0.2, 0.25) is 0 Å². The second-order valence-electron chi connectivity index (χ2n) is 6.94. The van der Waals surface area contributed by atoms with Gasteiger partial charge in [-0.05, 0) is 37.6 Å². The first-order chi connectivity index (χ1) is 13.7. The van der Waals surface area contributed by atoms with Crippen molar-refractivity contribution in [1.29, 1.82) is 0 Å². The van der Waals surface area contributed by atoms with Crippen molar-refractivity contribution in [3.05, 3.63) is 89.7 Å². The third-order valence-corrected chi connectivity index (χ3v) is 5.07. The normalized spacial score (nSPS) is 19.9. The highest BCUT2D eigenvalue weighted by Gasteiger charge is 2.27. The summed E-state index contributed by atoms with van der Waals surface area (Å²) in [4.78, 5) is 11.9. The maximum atomic E-state index is 6.30. The van der Waals surface area contributed by atoms with Crippen LogP contribution in [-0.4, -0.2) is 29.4 Å². The van der Waals surface area contributed by atoms with Crippen LogP contribution in [0.3, 0.4) is 0 Å². The number of hydrogen-bond donors (Lipinski definition) is 0. The van der Waals surface area contributed by atoms with Gasteiger partial charge >= 0.3 is 0 Å². The molecule has 0 radical (unpaired) electrons. The molecule has 1 aromatic carbocycles. The molecule has 0 amide bonds. The van der Waals surface area contributed by atoms with Crippen LogP contribution in [0.5, 0.6) is 0 Å². The summed E-state index contributed by atoms with van der Waals surface area (Å²) in [6.45, 7) is 10.5. The fourth-order valence-corrected chi connectivity index (χ4v) is 3.60. The quantitative estimate of drug-likeness (QED) is 0.703. The van der Waals surface area contributed by atoms with Gasteiger partial charge in [-0.1, -0.05) is 30.9 Å². The largest absolute Gasteiger partial charge is 0.453 e. The van der Waals surface area contributed by atoms with Crippen LogP contribution in [0.15, 0.2) is 99.7 Å². The molecule has 0 fully saturated rings. The molecule has 0 saturated heterocycles. The zero-order chi connectivity index (χ0) is 19.5. The summed E-state index contributed by atoms with van der Waals surface area (Å²) in [5.74, 6) is 1.60. The van der Waals surface area contributed by atoms with Gasteiger partial charge in [-0.15, -0.1) is 0 Å². The molecule has 0 aromatic heterocycles. The Labute approximate surface area is 166 Å². The van der Waals surface area contributed by atoms with E-state index in [0.717, 1.165) is 71.5 Å². The number of rotatable bonds is 4. The molecule has 0 saturated carbocycles. The number of nitrogens with zero attached hydrogens (tertiary/aromatic N) is 3. The second-order valence-corrected chi connectivity index (χ2v) is 6.94. The highest BCUT2D eigenvalue weighted by molar-refractivity contribution is 6.14. The molecule has 1 aliphatic heterocycles. The van der Waals surface area contributed by atoms with Crippen molar-refractivity contribution >= 4 is 17.1 Å². The monoisotopic (exact) mass is 371 g/mol. The van der Waals surface area contributed by atoms with Crippen molar-refractivity contribution in [3.63, 3.8) is 0 Å². The predicted octanol–water partition coefficient (Wildman–Crippen LogP) is 5.47. The summed E-state index contributed by atoms with van der Waals surface area (Å²) in [5.41, 5.74) is 5.94. The Morgan fingerprint density at radius 2 is 1.93 bits per heavy atom. The van der Waals surface area contributed by atoms with Crippen molar-refractivity contribution < 1.29 is 4.74 Å². The van der Waals surface area contributed by atoms with E-state index in [1.165, 1.54) is 0 Å². The number of allylic oxidation sites excluding steroid dienone is 7. The molecule has 4 rings (SSSR count). The van der Waals surface area contributed by atoms with E-state index in [1.807, 2.05) is 42.5 Å². The molecule has 4 nitrogen and oxygen atoms in total. The number of hydrogen-bond acceptors (Lipinski definition) is 4. The number of likely N-dealkylation sites (N-methyl/N-ethyl adjacent to an activating group) is 1. The zero-order valence-corrected chi connectivity index (χ0v) is 16.5. The molecular weight excluding hydrogens is 346 g/mol. The maximum Gasteiger partial charge on any atom is 0.151 e. The summed E-state index contributed by atoms with van der Waals surface area (Å²) >= 11 is 0. The van der Waals surface area contributed by atoms with Gasteiger partial charge in [0.05, 0.1) is 22.8 Å². The molecule has 0 spiro atoms. The van der Waals surface area contributed by atoms with E-state index >= 15 is 0 Å². The van der Waals surface area contributed by atoms with Crippen LogP contribution < -0.4 is 0 Å². The van der Waals surface area contributed by atoms with Crippen LogP contribution >= 0.6 is 0 Å². The van der Waals surface area contributed by atoms with Crippen LogP contribution in [0.4, 0.5) is 5.69 Å². The molecule has 0 bridgehead atoms. The van der Waals surface area contributed by atoms with E-state index in [4.69, 9.17) is 14.7 Å². The van der Waals surface area contributed by atoms with E-state index < -0.39 is 0 Å². The third-order valence-electron chi connectivity index (χ3n) is 5.07. The van der Waals surface area contributed by atoms with Gasteiger partial charge in [-0.25, -0.2) is 9.98 Å². The molecule has 1 aromatic rings.